The topological polar surface area (TPSA) is 23.8 Å². The van der Waals surface area contributed by atoms with Crippen LogP contribution in [0.1, 0.15) is 40.0 Å². The number of hydrogen-bond donors (Lipinski definition) is 0. The van der Waals surface area contributed by atoms with Gasteiger partial charge in [0.25, 0.3) is 0 Å². The predicted molar refractivity (Wildman–Crippen MR) is 61.8 cm³/mol. The van der Waals surface area contributed by atoms with Crippen molar-refractivity contribution in [3.63, 3.8) is 0 Å². The molecule has 0 atom stereocenters. The summed E-state index contributed by atoms with van der Waals surface area (Å²) in [5.41, 5.74) is 2.02. The Kier molecular flexibility index (Phi) is 7.55. The lowest BCUT2D eigenvalue weighted by molar-refractivity contribution is 0.958. The Hall–Kier alpha value is -1.29. The van der Waals surface area contributed by atoms with Crippen LogP contribution in [-0.4, -0.2) is 0 Å². The van der Waals surface area contributed by atoms with Gasteiger partial charge in [0.15, 0.2) is 0 Å². The molecule has 0 rings (SSSR count). The molecule has 0 spiro atoms. The third-order valence-electron chi connectivity index (χ3n) is 1.99. The van der Waals surface area contributed by atoms with E-state index in [1.54, 1.807) is 0 Å². The summed E-state index contributed by atoms with van der Waals surface area (Å²) in [7, 11) is 0. The number of allylic oxidation sites excluding steroid dienone is 6. The van der Waals surface area contributed by atoms with Gasteiger partial charge in [0, 0.05) is 0 Å². The van der Waals surface area contributed by atoms with Gasteiger partial charge in [-0.2, -0.15) is 5.26 Å². The van der Waals surface area contributed by atoms with Gasteiger partial charge in [-0.05, 0) is 31.9 Å². The summed E-state index contributed by atoms with van der Waals surface area (Å²) in [6, 6.07) is 2.17. The maximum atomic E-state index is 8.81. The first-order valence-electron chi connectivity index (χ1n) is 5.18. The first kappa shape index (κ1) is 12.7. The largest absolute Gasteiger partial charge is 0.192 e. The van der Waals surface area contributed by atoms with Crippen molar-refractivity contribution >= 4 is 0 Å². The van der Waals surface area contributed by atoms with Crippen LogP contribution in [0.3, 0.4) is 0 Å². The van der Waals surface area contributed by atoms with Gasteiger partial charge >= 0.3 is 0 Å². The van der Waals surface area contributed by atoms with E-state index in [0.717, 1.165) is 24.8 Å². The zero-order valence-electron chi connectivity index (χ0n) is 9.38. The van der Waals surface area contributed by atoms with Crippen LogP contribution in [0, 0.1) is 11.3 Å². The van der Waals surface area contributed by atoms with Gasteiger partial charge in [0.2, 0.25) is 0 Å². The molecule has 76 valence electrons. The highest BCUT2D eigenvalue weighted by atomic mass is 14.2. The lowest BCUT2D eigenvalue weighted by Crippen LogP contribution is -1.73. The number of hydrogen-bond acceptors (Lipinski definition) is 1. The van der Waals surface area contributed by atoms with Crippen molar-refractivity contribution in [2.45, 2.75) is 40.0 Å². The van der Waals surface area contributed by atoms with Gasteiger partial charge in [0.1, 0.15) is 0 Å². The average Bonchev–Trinajstić information content (AvgIpc) is 2.22. The highest BCUT2D eigenvalue weighted by molar-refractivity contribution is 5.36. The van der Waals surface area contributed by atoms with Crippen LogP contribution < -0.4 is 0 Å². The Morgan fingerprint density at radius 1 is 1.29 bits per heavy atom. The number of nitriles is 1. The van der Waals surface area contributed by atoms with Crippen LogP contribution in [0.2, 0.25) is 0 Å². The Bertz CT molecular complexity index is 274. The minimum atomic E-state index is 0.728. The van der Waals surface area contributed by atoms with E-state index in [-0.39, 0.29) is 0 Å². The quantitative estimate of drug-likeness (QED) is 0.471. The SMILES string of the molecule is CCCC=CC(C#N)=CC=C(C)CC. The van der Waals surface area contributed by atoms with Crippen molar-refractivity contribution in [2.24, 2.45) is 0 Å². The summed E-state index contributed by atoms with van der Waals surface area (Å²) in [5, 5.41) is 8.81. The van der Waals surface area contributed by atoms with Crippen molar-refractivity contribution in [3.8, 4) is 6.07 Å². The van der Waals surface area contributed by atoms with Gasteiger partial charge < -0.3 is 0 Å². The molecular weight excluding hydrogens is 170 g/mol. The third-order valence-corrected chi connectivity index (χ3v) is 1.99. The Morgan fingerprint density at radius 3 is 2.50 bits per heavy atom. The monoisotopic (exact) mass is 189 g/mol. The van der Waals surface area contributed by atoms with Crippen molar-refractivity contribution in [3.05, 3.63) is 35.5 Å². The molecule has 0 aliphatic carbocycles. The van der Waals surface area contributed by atoms with Gasteiger partial charge in [0.05, 0.1) is 11.6 Å². The first-order chi connectivity index (χ1) is 6.74. The molecule has 0 radical (unpaired) electrons. The van der Waals surface area contributed by atoms with Crippen LogP contribution in [0.4, 0.5) is 0 Å². The smallest absolute Gasteiger partial charge is 0.0991 e. The van der Waals surface area contributed by atoms with Crippen LogP contribution in [0.15, 0.2) is 35.5 Å². The van der Waals surface area contributed by atoms with Crippen LogP contribution in [0.5, 0.6) is 0 Å². The Labute approximate surface area is 87.4 Å². The molecule has 14 heavy (non-hydrogen) atoms. The van der Waals surface area contributed by atoms with E-state index >= 15 is 0 Å². The van der Waals surface area contributed by atoms with Gasteiger partial charge in [-0.1, -0.05) is 38.0 Å². The summed E-state index contributed by atoms with van der Waals surface area (Å²) in [4.78, 5) is 0. The first-order valence-corrected chi connectivity index (χ1v) is 5.18. The number of rotatable bonds is 5. The molecule has 0 aliphatic heterocycles. The summed E-state index contributed by atoms with van der Waals surface area (Å²) in [5.74, 6) is 0. The molecule has 0 bridgehead atoms. The molecule has 0 heterocycles. The lowest BCUT2D eigenvalue weighted by Gasteiger charge is -1.90. The summed E-state index contributed by atoms with van der Waals surface area (Å²) < 4.78 is 0. The predicted octanol–water partition coefficient (Wildman–Crippen LogP) is 4.15. The Balaban J connectivity index is 4.35. The van der Waals surface area contributed by atoms with Crippen LogP contribution in [0.25, 0.3) is 0 Å². The lowest BCUT2D eigenvalue weighted by atomic mass is 10.1. The van der Waals surface area contributed by atoms with Crippen molar-refractivity contribution in [1.82, 2.24) is 0 Å². The van der Waals surface area contributed by atoms with Crippen molar-refractivity contribution in [1.29, 1.82) is 5.26 Å². The molecular formula is C13H19N. The van der Waals surface area contributed by atoms with E-state index in [1.807, 2.05) is 24.3 Å². The van der Waals surface area contributed by atoms with E-state index in [2.05, 4.69) is 26.8 Å². The highest BCUT2D eigenvalue weighted by Crippen LogP contribution is 2.03. The van der Waals surface area contributed by atoms with E-state index in [4.69, 9.17) is 5.26 Å². The molecule has 0 saturated carbocycles. The third kappa shape index (κ3) is 6.25. The zero-order valence-corrected chi connectivity index (χ0v) is 9.38. The summed E-state index contributed by atoms with van der Waals surface area (Å²) in [6.45, 7) is 6.31. The fourth-order valence-corrected chi connectivity index (χ4v) is 0.857. The summed E-state index contributed by atoms with van der Waals surface area (Å²) >= 11 is 0. The zero-order chi connectivity index (χ0) is 10.8. The van der Waals surface area contributed by atoms with E-state index in [0.29, 0.717) is 0 Å². The second-order valence-corrected chi connectivity index (χ2v) is 3.29. The average molecular weight is 189 g/mol. The molecule has 0 saturated heterocycles. The molecule has 1 heteroatoms. The van der Waals surface area contributed by atoms with Gasteiger partial charge in [-0.25, -0.2) is 0 Å². The minimum absolute atomic E-state index is 0.728. The molecule has 1 nitrogen and oxygen atoms in total. The van der Waals surface area contributed by atoms with E-state index in [9.17, 15) is 0 Å². The fourth-order valence-electron chi connectivity index (χ4n) is 0.857. The summed E-state index contributed by atoms with van der Waals surface area (Å²) in [6.07, 6.45) is 11.0. The molecule has 0 fully saturated rings. The minimum Gasteiger partial charge on any atom is -0.192 e. The number of nitrogens with zero attached hydrogens (tertiary/aromatic N) is 1. The van der Waals surface area contributed by atoms with Crippen molar-refractivity contribution in [2.75, 3.05) is 0 Å². The Morgan fingerprint density at radius 2 is 2.00 bits per heavy atom. The van der Waals surface area contributed by atoms with Gasteiger partial charge in [-0.15, -0.1) is 0 Å². The fraction of sp³-hybridized carbons (Fsp3) is 0.462. The molecule has 0 N–H and O–H groups in total. The molecule has 0 aromatic rings. The van der Waals surface area contributed by atoms with Gasteiger partial charge in [-0.3, -0.25) is 0 Å². The number of unbranched alkanes of at least 4 members (excludes halogenated alkanes) is 1. The highest BCUT2D eigenvalue weighted by Gasteiger charge is 1.86. The maximum Gasteiger partial charge on any atom is 0.0991 e. The van der Waals surface area contributed by atoms with E-state index < -0.39 is 0 Å². The molecule has 0 aromatic carbocycles. The van der Waals surface area contributed by atoms with Crippen LogP contribution in [-0.2, 0) is 0 Å². The van der Waals surface area contributed by atoms with E-state index in [1.165, 1.54) is 5.57 Å². The molecule has 0 aliphatic rings. The molecule has 0 aromatic heterocycles. The second kappa shape index (κ2) is 8.31. The van der Waals surface area contributed by atoms with Crippen molar-refractivity contribution < 1.29 is 0 Å². The molecule has 0 amide bonds. The molecule has 0 unspecified atom stereocenters. The maximum absolute atomic E-state index is 8.81. The van der Waals surface area contributed by atoms with Crippen LogP contribution >= 0.6 is 0 Å². The normalized spacial score (nSPS) is 13.3. The standard InChI is InChI=1S/C13H19N/c1-4-6-7-8-13(11-14)10-9-12(3)5-2/h7-10H,4-6H2,1-3H3. The second-order valence-electron chi connectivity index (χ2n) is 3.29.